The van der Waals surface area contributed by atoms with Gasteiger partial charge in [0, 0.05) is 35.9 Å². The number of aliphatic imine (C=N–C) groups is 2. The number of carbonyl (C=O) groups excluding carboxylic acids is 1. The molecule has 26 heavy (non-hydrogen) atoms. The third kappa shape index (κ3) is 3.91. The molecule has 0 unspecified atom stereocenters. The smallest absolute Gasteiger partial charge is 0.305 e. The summed E-state index contributed by atoms with van der Waals surface area (Å²) in [6, 6.07) is 10.9. The molecule has 3 rings (SSSR count). The predicted octanol–water partition coefficient (Wildman–Crippen LogP) is 3.35. The second kappa shape index (κ2) is 8.10. The fraction of sp³-hybridized carbons (Fsp3) is 0.263. The van der Waals surface area contributed by atoms with Crippen LogP contribution in [0.15, 0.2) is 52.6 Å². The number of amidine groups is 1. The molecule has 134 valence electrons. The van der Waals surface area contributed by atoms with E-state index in [1.54, 1.807) is 13.2 Å². The van der Waals surface area contributed by atoms with Gasteiger partial charge in [-0.3, -0.25) is 19.8 Å². The second-order valence-electron chi connectivity index (χ2n) is 5.75. The minimum absolute atomic E-state index is 0.248. The van der Waals surface area contributed by atoms with Gasteiger partial charge in [-0.1, -0.05) is 17.7 Å². The van der Waals surface area contributed by atoms with Crippen molar-refractivity contribution in [3.63, 3.8) is 0 Å². The number of halogens is 1. The molecule has 0 saturated carbocycles. The molecule has 0 radical (unpaired) electrons. The maximum Gasteiger partial charge on any atom is 0.305 e. The van der Waals surface area contributed by atoms with Gasteiger partial charge < -0.3 is 10.1 Å². The summed E-state index contributed by atoms with van der Waals surface area (Å²) in [5.41, 5.74) is 3.14. The SMILES string of the molecule is CN=C1Nc2ccc(Cl)cc2C(c2ccccn2)=N[C@H]1CCC(=O)OC. The zero-order chi connectivity index (χ0) is 18.5. The van der Waals surface area contributed by atoms with E-state index in [2.05, 4.69) is 15.3 Å². The molecule has 0 fully saturated rings. The van der Waals surface area contributed by atoms with Crippen LogP contribution in [0, 0.1) is 0 Å². The van der Waals surface area contributed by atoms with E-state index in [1.807, 2.05) is 36.4 Å². The Balaban J connectivity index is 2.10. The highest BCUT2D eigenvalue weighted by Crippen LogP contribution is 2.28. The highest BCUT2D eigenvalue weighted by Gasteiger charge is 2.25. The molecule has 1 aromatic heterocycles. The number of hydrogen-bond acceptors (Lipinski definition) is 5. The number of benzodiazepines with no additional fused rings is 1. The quantitative estimate of drug-likeness (QED) is 0.837. The Morgan fingerprint density at radius 1 is 1.35 bits per heavy atom. The van der Waals surface area contributed by atoms with Crippen molar-refractivity contribution in [2.45, 2.75) is 18.9 Å². The molecule has 1 atom stereocenters. The molecule has 1 N–H and O–H groups in total. The highest BCUT2D eigenvalue weighted by atomic mass is 35.5. The average molecular weight is 371 g/mol. The van der Waals surface area contributed by atoms with Crippen molar-refractivity contribution in [3.05, 3.63) is 58.9 Å². The Morgan fingerprint density at radius 3 is 2.88 bits per heavy atom. The minimum atomic E-state index is -0.317. The van der Waals surface area contributed by atoms with Crippen molar-refractivity contribution < 1.29 is 9.53 Å². The number of carbonyl (C=O) groups is 1. The van der Waals surface area contributed by atoms with E-state index in [9.17, 15) is 4.79 Å². The number of methoxy groups -OCH3 is 1. The number of ether oxygens (including phenoxy) is 1. The summed E-state index contributed by atoms with van der Waals surface area (Å²) < 4.78 is 4.75. The van der Waals surface area contributed by atoms with Crippen molar-refractivity contribution in [2.24, 2.45) is 9.98 Å². The first-order chi connectivity index (χ1) is 12.6. The Morgan fingerprint density at radius 2 is 2.19 bits per heavy atom. The Kier molecular flexibility index (Phi) is 5.63. The first kappa shape index (κ1) is 18.1. The summed E-state index contributed by atoms with van der Waals surface area (Å²) in [6.45, 7) is 0. The summed E-state index contributed by atoms with van der Waals surface area (Å²) >= 11 is 6.22. The van der Waals surface area contributed by atoms with E-state index in [1.165, 1.54) is 7.11 Å². The first-order valence-electron chi connectivity index (χ1n) is 8.22. The van der Waals surface area contributed by atoms with E-state index in [0.717, 1.165) is 16.9 Å². The molecule has 1 aromatic carbocycles. The molecule has 1 aliphatic heterocycles. The van der Waals surface area contributed by atoms with Gasteiger partial charge in [0.2, 0.25) is 0 Å². The molecule has 0 aliphatic carbocycles. The summed E-state index contributed by atoms with van der Waals surface area (Å²) in [4.78, 5) is 25.2. The maximum absolute atomic E-state index is 11.6. The molecular formula is C19H19ClN4O2. The van der Waals surface area contributed by atoms with E-state index >= 15 is 0 Å². The van der Waals surface area contributed by atoms with Gasteiger partial charge in [-0.25, -0.2) is 0 Å². The molecule has 6 nitrogen and oxygen atoms in total. The van der Waals surface area contributed by atoms with Crippen LogP contribution >= 0.6 is 11.6 Å². The molecule has 0 bridgehead atoms. The van der Waals surface area contributed by atoms with Crippen LogP contribution in [-0.4, -0.2) is 42.7 Å². The molecule has 2 aromatic rings. The van der Waals surface area contributed by atoms with Gasteiger partial charge in [0.1, 0.15) is 11.9 Å². The topological polar surface area (TPSA) is 75.9 Å². The van der Waals surface area contributed by atoms with Gasteiger partial charge in [0.25, 0.3) is 0 Å². The number of hydrogen-bond donors (Lipinski definition) is 1. The average Bonchev–Trinajstić information content (AvgIpc) is 2.83. The lowest BCUT2D eigenvalue weighted by Crippen LogP contribution is -2.27. The maximum atomic E-state index is 11.6. The summed E-state index contributed by atoms with van der Waals surface area (Å²) in [6.07, 6.45) is 2.45. The normalized spacial score (nSPS) is 17.7. The number of aromatic nitrogens is 1. The number of esters is 1. The number of pyridine rings is 1. The molecular weight excluding hydrogens is 352 g/mol. The lowest BCUT2D eigenvalue weighted by molar-refractivity contribution is -0.140. The Bertz CT molecular complexity index is 865. The number of benzene rings is 1. The van der Waals surface area contributed by atoms with E-state index in [-0.39, 0.29) is 18.4 Å². The van der Waals surface area contributed by atoms with Gasteiger partial charge in [0.05, 0.1) is 18.5 Å². The summed E-state index contributed by atoms with van der Waals surface area (Å²) in [5, 5.41) is 3.93. The van der Waals surface area contributed by atoms with E-state index < -0.39 is 0 Å². The lowest BCUT2D eigenvalue weighted by atomic mass is 10.0. The van der Waals surface area contributed by atoms with Gasteiger partial charge in [0.15, 0.2) is 0 Å². The number of nitrogens with zero attached hydrogens (tertiary/aromatic N) is 3. The second-order valence-corrected chi connectivity index (χ2v) is 6.18. The fourth-order valence-corrected chi connectivity index (χ4v) is 2.97. The van der Waals surface area contributed by atoms with Gasteiger partial charge in [-0.05, 0) is 36.8 Å². The molecule has 1 aliphatic rings. The van der Waals surface area contributed by atoms with E-state index in [4.69, 9.17) is 21.3 Å². The van der Waals surface area contributed by atoms with Gasteiger partial charge in [-0.2, -0.15) is 0 Å². The van der Waals surface area contributed by atoms with Crippen molar-refractivity contribution in [3.8, 4) is 0 Å². The third-order valence-corrected chi connectivity index (χ3v) is 4.33. The van der Waals surface area contributed by atoms with Crippen molar-refractivity contribution in [1.29, 1.82) is 0 Å². The summed E-state index contributed by atoms with van der Waals surface area (Å²) in [7, 11) is 3.08. The van der Waals surface area contributed by atoms with Crippen LogP contribution in [0.4, 0.5) is 5.69 Å². The molecule has 2 heterocycles. The molecule has 7 heteroatoms. The van der Waals surface area contributed by atoms with Crippen LogP contribution in [0.3, 0.4) is 0 Å². The fourth-order valence-electron chi connectivity index (χ4n) is 2.80. The number of rotatable bonds is 4. The van der Waals surface area contributed by atoms with Crippen LogP contribution in [-0.2, 0) is 9.53 Å². The highest BCUT2D eigenvalue weighted by molar-refractivity contribution is 6.32. The van der Waals surface area contributed by atoms with Crippen LogP contribution < -0.4 is 5.32 Å². The standard InChI is InChI=1S/C19H19ClN4O2/c1-21-19-16(8-9-17(25)26-2)23-18(15-5-3-4-10-22-15)13-11-12(20)6-7-14(13)24-19/h3-7,10-11,16H,8-9H2,1-2H3,(H,21,24)/t16-/m0/s1. The zero-order valence-electron chi connectivity index (χ0n) is 14.6. The van der Waals surface area contributed by atoms with Crippen LogP contribution in [0.25, 0.3) is 0 Å². The monoisotopic (exact) mass is 370 g/mol. The minimum Gasteiger partial charge on any atom is -0.469 e. The Labute approximate surface area is 157 Å². The predicted molar refractivity (Wildman–Crippen MR) is 103 cm³/mol. The number of nitrogens with one attached hydrogen (secondary N) is 1. The van der Waals surface area contributed by atoms with Crippen LogP contribution in [0.1, 0.15) is 24.1 Å². The lowest BCUT2D eigenvalue weighted by Gasteiger charge is -2.14. The number of anilines is 1. The molecule has 0 amide bonds. The van der Waals surface area contributed by atoms with Gasteiger partial charge in [-0.15, -0.1) is 0 Å². The summed E-state index contributed by atoms with van der Waals surface area (Å²) in [5.74, 6) is 0.406. The van der Waals surface area contributed by atoms with Crippen molar-refractivity contribution in [1.82, 2.24) is 4.98 Å². The Hall–Kier alpha value is -2.73. The third-order valence-electron chi connectivity index (χ3n) is 4.10. The van der Waals surface area contributed by atoms with Crippen molar-refractivity contribution >= 4 is 34.8 Å². The van der Waals surface area contributed by atoms with E-state index in [0.29, 0.717) is 23.0 Å². The molecule has 0 saturated heterocycles. The largest absolute Gasteiger partial charge is 0.469 e. The van der Waals surface area contributed by atoms with Crippen molar-refractivity contribution in [2.75, 3.05) is 19.5 Å². The molecule has 0 spiro atoms. The number of fused-ring (bicyclic) bond motifs is 1. The van der Waals surface area contributed by atoms with Gasteiger partial charge >= 0.3 is 5.97 Å². The van der Waals surface area contributed by atoms with Crippen LogP contribution in [0.5, 0.6) is 0 Å². The van der Waals surface area contributed by atoms with Crippen LogP contribution in [0.2, 0.25) is 5.02 Å². The first-order valence-corrected chi connectivity index (χ1v) is 8.60. The zero-order valence-corrected chi connectivity index (χ0v) is 15.3.